The number of pyridine rings is 1. The predicted octanol–water partition coefficient (Wildman–Crippen LogP) is 8.59. The molecular formula is C46H64FN7O8. The van der Waals surface area contributed by atoms with Crippen molar-refractivity contribution >= 4 is 23.4 Å². The van der Waals surface area contributed by atoms with Gasteiger partial charge >= 0.3 is 12.1 Å². The molecule has 1 fully saturated rings. The summed E-state index contributed by atoms with van der Waals surface area (Å²) in [4.78, 5) is 32.7. The fourth-order valence-electron chi connectivity index (χ4n) is 6.94. The van der Waals surface area contributed by atoms with Crippen molar-refractivity contribution in [1.29, 1.82) is 0 Å². The number of carboxylic acids is 1. The van der Waals surface area contributed by atoms with Gasteiger partial charge < -0.3 is 49.3 Å². The smallest absolute Gasteiger partial charge is 0.410 e. The van der Waals surface area contributed by atoms with E-state index in [9.17, 15) is 14.0 Å². The number of nitrogens with zero attached hydrogens (tertiary/aromatic N) is 4. The van der Waals surface area contributed by atoms with Gasteiger partial charge in [0.15, 0.2) is 11.6 Å². The topological polar surface area (TPSA) is 182 Å². The highest BCUT2D eigenvalue weighted by molar-refractivity contribution is 5.68. The van der Waals surface area contributed by atoms with Crippen LogP contribution in [0.25, 0.3) is 11.4 Å². The van der Waals surface area contributed by atoms with Crippen LogP contribution in [0, 0.1) is 5.82 Å². The van der Waals surface area contributed by atoms with Gasteiger partial charge in [-0.2, -0.15) is 0 Å². The molecule has 5 rings (SSSR count). The highest BCUT2D eigenvalue weighted by atomic mass is 19.1. The zero-order valence-corrected chi connectivity index (χ0v) is 36.5. The number of rotatable bonds is 27. The molecule has 0 radical (unpaired) electrons. The maximum Gasteiger partial charge on any atom is 0.410 e. The highest BCUT2D eigenvalue weighted by Crippen LogP contribution is 2.37. The van der Waals surface area contributed by atoms with Crippen molar-refractivity contribution in [2.45, 2.75) is 103 Å². The Morgan fingerprint density at radius 1 is 0.806 bits per heavy atom. The lowest BCUT2D eigenvalue weighted by molar-refractivity contribution is -0.137. The van der Waals surface area contributed by atoms with Crippen LogP contribution in [0.3, 0.4) is 0 Å². The second-order valence-electron chi connectivity index (χ2n) is 16.4. The number of hydrogen-bond acceptors (Lipinski definition) is 12. The first kappa shape index (κ1) is 47.7. The molecular weight excluding hydrogens is 798 g/mol. The van der Waals surface area contributed by atoms with Crippen LogP contribution in [0.15, 0.2) is 67.0 Å². The number of carbonyl (C=O) groups excluding carboxylic acids is 1. The van der Waals surface area contributed by atoms with E-state index in [0.717, 1.165) is 55.5 Å². The fourth-order valence-corrected chi connectivity index (χ4v) is 6.94. The number of H-pyrrole nitrogens is 1. The van der Waals surface area contributed by atoms with Crippen LogP contribution in [0.5, 0.6) is 5.75 Å². The number of anilines is 2. The number of nitrogens with one attached hydrogen (secondary N) is 3. The van der Waals surface area contributed by atoms with E-state index in [2.05, 4.69) is 30.8 Å². The molecule has 62 heavy (non-hydrogen) atoms. The van der Waals surface area contributed by atoms with E-state index >= 15 is 0 Å². The zero-order valence-electron chi connectivity index (χ0n) is 36.5. The van der Waals surface area contributed by atoms with Crippen molar-refractivity contribution in [2.75, 3.05) is 70.0 Å². The first-order valence-electron chi connectivity index (χ1n) is 21.8. The van der Waals surface area contributed by atoms with Crippen molar-refractivity contribution in [1.82, 2.24) is 25.1 Å². The number of hydrogen-bond donors (Lipinski definition) is 4. The van der Waals surface area contributed by atoms with Gasteiger partial charge in [0.1, 0.15) is 22.7 Å². The minimum absolute atomic E-state index is 0.210. The molecule has 2 aromatic carbocycles. The lowest BCUT2D eigenvalue weighted by Gasteiger charge is -2.41. The quantitative estimate of drug-likeness (QED) is 0.0419. The molecule has 3 heterocycles. The summed E-state index contributed by atoms with van der Waals surface area (Å²) in [7, 11) is 0. The number of unbranched alkanes of at least 4 members (excludes halogenated alkanes) is 5. The number of carboxylic acid groups (broad SMARTS) is 1. The average molecular weight is 862 g/mol. The van der Waals surface area contributed by atoms with Crippen LogP contribution >= 0.6 is 0 Å². The lowest BCUT2D eigenvalue weighted by atomic mass is 9.86. The van der Waals surface area contributed by atoms with E-state index in [4.69, 9.17) is 28.8 Å². The Morgan fingerprint density at radius 3 is 2.13 bits per heavy atom. The van der Waals surface area contributed by atoms with Gasteiger partial charge in [-0.15, -0.1) is 10.2 Å². The fraction of sp³-hybridized carbons (Fsp3) is 0.543. The van der Waals surface area contributed by atoms with Crippen molar-refractivity contribution in [3.63, 3.8) is 0 Å². The normalized spacial score (nSPS) is 13.8. The molecule has 1 amide bonds. The predicted molar refractivity (Wildman–Crippen MR) is 235 cm³/mol. The Hall–Kier alpha value is -5.32. The van der Waals surface area contributed by atoms with Crippen LogP contribution in [-0.4, -0.2) is 107 Å². The largest absolute Gasteiger partial charge is 0.494 e. The number of piperidine rings is 1. The summed E-state index contributed by atoms with van der Waals surface area (Å²) in [5.74, 6) is 0.847. The van der Waals surface area contributed by atoms with Crippen LogP contribution in [-0.2, 0) is 35.8 Å². The number of carbonyl (C=O) groups is 2. The van der Waals surface area contributed by atoms with Crippen molar-refractivity contribution in [3.8, 4) is 17.1 Å². The molecule has 4 N–H and O–H groups in total. The van der Waals surface area contributed by atoms with Crippen LogP contribution in [0.4, 0.5) is 20.6 Å². The molecule has 0 unspecified atom stereocenters. The lowest BCUT2D eigenvalue weighted by Crippen LogP contribution is -2.50. The summed E-state index contributed by atoms with van der Waals surface area (Å²) in [6.45, 7) is 10.7. The number of benzene rings is 2. The summed E-state index contributed by atoms with van der Waals surface area (Å²) in [5.41, 5.74) is 1.74. The van der Waals surface area contributed by atoms with Crippen molar-refractivity contribution in [2.24, 2.45) is 0 Å². The van der Waals surface area contributed by atoms with Gasteiger partial charge in [-0.3, -0.25) is 9.78 Å². The molecule has 0 spiro atoms. The Bertz CT molecular complexity index is 1940. The van der Waals surface area contributed by atoms with E-state index in [1.54, 1.807) is 29.4 Å². The van der Waals surface area contributed by atoms with Crippen LogP contribution < -0.4 is 15.4 Å². The molecule has 16 heteroatoms. The minimum atomic E-state index is -0.755. The van der Waals surface area contributed by atoms with Gasteiger partial charge in [-0.1, -0.05) is 18.9 Å². The SMILES string of the molecule is CC(C)(C)OC(=O)N1CCC(Nc2cccc(NCc3cc(OCCCCCCOCCOCCOCCCCCC(=O)O)ccc3F)c2)(c2nnc(-c3ccncc3)[nH]2)CC1. The Kier molecular flexibility index (Phi) is 19.2. The van der Waals surface area contributed by atoms with E-state index < -0.39 is 17.1 Å². The third kappa shape index (κ3) is 16.5. The van der Waals surface area contributed by atoms with Crippen molar-refractivity contribution < 1.29 is 42.8 Å². The third-order valence-corrected chi connectivity index (χ3v) is 10.3. The maximum atomic E-state index is 15.0. The molecule has 0 aliphatic carbocycles. The molecule has 0 bridgehead atoms. The number of likely N-dealkylation sites (tertiary alicyclic amines) is 1. The molecule has 15 nitrogen and oxygen atoms in total. The highest BCUT2D eigenvalue weighted by Gasteiger charge is 2.41. The van der Waals surface area contributed by atoms with Crippen LogP contribution in [0.1, 0.15) is 96.4 Å². The Morgan fingerprint density at radius 2 is 1.45 bits per heavy atom. The van der Waals surface area contributed by atoms with Gasteiger partial charge in [0.2, 0.25) is 0 Å². The first-order chi connectivity index (χ1) is 30.0. The maximum absolute atomic E-state index is 15.0. The monoisotopic (exact) mass is 861 g/mol. The number of aliphatic carboxylic acids is 1. The van der Waals surface area contributed by atoms with E-state index in [1.165, 1.54) is 6.07 Å². The average Bonchev–Trinajstić information content (AvgIpc) is 3.76. The summed E-state index contributed by atoms with van der Waals surface area (Å²) in [6.07, 6.45) is 10.6. The Balaban J connectivity index is 1.02. The van der Waals surface area contributed by atoms with Gasteiger partial charge in [0, 0.05) is 74.2 Å². The summed E-state index contributed by atoms with van der Waals surface area (Å²) in [5, 5.41) is 24.8. The number of amides is 1. The van der Waals surface area contributed by atoms with Gasteiger partial charge in [0.05, 0.1) is 33.0 Å². The van der Waals surface area contributed by atoms with Gasteiger partial charge in [-0.05, 0) is 114 Å². The zero-order chi connectivity index (χ0) is 44.0. The molecule has 1 aliphatic rings. The number of aromatic amines is 1. The minimum Gasteiger partial charge on any atom is -0.494 e. The standard InChI is InChI=1S/C46H64FN7O8/c1-45(2,3)62-44(57)54-23-19-46(20-24-54,43-50-42(52-53-43)35-17-21-48-22-18-35)51-38-13-11-12-37(33-38)49-34-36-32-39(15-16-40(36)47)61-27-10-5-4-8-25-58-28-30-60-31-29-59-26-9-6-7-14-41(55)56/h11-13,15-18,21-22,32-33,49,51H,4-10,14,19-20,23-31,34H2,1-3H3,(H,55,56)(H,50,52,53). The molecule has 1 saturated heterocycles. The van der Waals surface area contributed by atoms with Crippen molar-refractivity contribution in [3.05, 3.63) is 84.2 Å². The van der Waals surface area contributed by atoms with Crippen LogP contribution in [0.2, 0.25) is 0 Å². The van der Waals surface area contributed by atoms with E-state index in [1.807, 2.05) is 57.2 Å². The number of halogens is 1. The van der Waals surface area contributed by atoms with E-state index in [-0.39, 0.29) is 24.9 Å². The molecule has 338 valence electrons. The molecule has 1 aliphatic heterocycles. The van der Waals surface area contributed by atoms with Gasteiger partial charge in [-0.25, -0.2) is 9.18 Å². The molecule has 0 atom stereocenters. The first-order valence-corrected chi connectivity index (χ1v) is 21.8. The second kappa shape index (κ2) is 25.0. The molecule has 2 aromatic heterocycles. The number of aromatic nitrogens is 4. The second-order valence-corrected chi connectivity index (χ2v) is 16.4. The Labute approximate surface area is 364 Å². The molecule has 0 saturated carbocycles. The summed E-state index contributed by atoms with van der Waals surface area (Å²) in [6, 6.07) is 16.4. The molecule has 4 aromatic rings. The van der Waals surface area contributed by atoms with Gasteiger partial charge in [0.25, 0.3) is 0 Å². The third-order valence-electron chi connectivity index (χ3n) is 10.3. The summed E-state index contributed by atoms with van der Waals surface area (Å²) >= 11 is 0. The summed E-state index contributed by atoms with van der Waals surface area (Å²) < 4.78 is 43.3. The van der Waals surface area contributed by atoms with E-state index in [0.29, 0.717) is 102 Å². The number of ether oxygens (including phenoxy) is 5.